The van der Waals surface area contributed by atoms with Gasteiger partial charge in [0.25, 0.3) is 0 Å². The van der Waals surface area contributed by atoms with Crippen LogP contribution in [0.25, 0.3) is 0 Å². The van der Waals surface area contributed by atoms with Crippen molar-refractivity contribution in [2.75, 3.05) is 0 Å². The zero-order valence-corrected chi connectivity index (χ0v) is 13.3. The molecule has 0 amide bonds. The average molecular weight is 342 g/mol. The van der Waals surface area contributed by atoms with Gasteiger partial charge in [-0.25, -0.2) is 0 Å². The molecule has 0 aliphatic heterocycles. The minimum atomic E-state index is -1.36. The number of unbranched alkanes of at least 4 members (excludes halogenated alkanes) is 1. The number of fused-ring (bicyclic) bond motifs is 3. The van der Waals surface area contributed by atoms with Crippen molar-refractivity contribution in [3.05, 3.63) is 0 Å². The number of hydrogen-bond donors (Lipinski definition) is 4. The monoisotopic (exact) mass is 342 g/mol. The fourth-order valence-corrected chi connectivity index (χ4v) is 4.93. The van der Waals surface area contributed by atoms with E-state index < -0.39 is 59.4 Å². The predicted molar refractivity (Wildman–Crippen MR) is 79.1 cm³/mol. The third kappa shape index (κ3) is 2.85. The van der Waals surface area contributed by atoms with E-state index in [0.29, 0.717) is 6.42 Å². The van der Waals surface area contributed by atoms with Crippen LogP contribution in [0, 0.1) is 41.4 Å². The van der Waals surface area contributed by atoms with Crippen LogP contribution in [0.5, 0.6) is 0 Å². The van der Waals surface area contributed by atoms with Gasteiger partial charge in [0.15, 0.2) is 0 Å². The van der Waals surface area contributed by atoms with Crippen molar-refractivity contribution in [2.24, 2.45) is 41.4 Å². The van der Waals surface area contributed by atoms with Gasteiger partial charge in [0, 0.05) is 0 Å². The largest absolute Gasteiger partial charge is 0.481 e. The highest BCUT2D eigenvalue weighted by Gasteiger charge is 2.65. The average Bonchev–Trinajstić information content (AvgIpc) is 2.50. The standard InChI is InChI=1S/C16H22O8/c1-2-3-4-6-5-7-9(13(17)18)11(15(21)22)8(6)12(16(23)24)10(7)14(19)20/h6-12H,2-5H2,1H3,(H,17,18)(H,19,20)(H,21,22)(H,23,24). The molecule has 0 saturated heterocycles. The van der Waals surface area contributed by atoms with Crippen molar-refractivity contribution in [1.29, 1.82) is 0 Å². The van der Waals surface area contributed by atoms with Gasteiger partial charge in [-0.1, -0.05) is 26.2 Å². The predicted octanol–water partition coefficient (Wildman–Crippen LogP) is 1.25. The molecule has 24 heavy (non-hydrogen) atoms. The minimum Gasteiger partial charge on any atom is -0.481 e. The van der Waals surface area contributed by atoms with E-state index >= 15 is 0 Å². The van der Waals surface area contributed by atoms with Gasteiger partial charge >= 0.3 is 23.9 Å². The Hall–Kier alpha value is -2.12. The fraction of sp³-hybridized carbons (Fsp3) is 0.750. The molecular formula is C16H22O8. The Morgan fingerprint density at radius 1 is 0.792 bits per heavy atom. The number of rotatable bonds is 7. The topological polar surface area (TPSA) is 149 Å². The van der Waals surface area contributed by atoms with Gasteiger partial charge in [-0.15, -0.1) is 0 Å². The van der Waals surface area contributed by atoms with Crippen LogP contribution in [0.4, 0.5) is 0 Å². The van der Waals surface area contributed by atoms with E-state index in [1.165, 1.54) is 0 Å². The number of hydrogen-bond acceptors (Lipinski definition) is 4. The molecule has 3 aliphatic carbocycles. The summed E-state index contributed by atoms with van der Waals surface area (Å²) in [4.78, 5) is 46.7. The summed E-state index contributed by atoms with van der Waals surface area (Å²) >= 11 is 0. The van der Waals surface area contributed by atoms with Gasteiger partial charge in [-0.2, -0.15) is 0 Å². The third-order valence-corrected chi connectivity index (χ3v) is 5.71. The maximum atomic E-state index is 11.7. The van der Waals surface area contributed by atoms with Crippen LogP contribution in [0.15, 0.2) is 0 Å². The molecule has 8 heteroatoms. The molecule has 3 saturated carbocycles. The van der Waals surface area contributed by atoms with E-state index in [2.05, 4.69) is 0 Å². The summed E-state index contributed by atoms with van der Waals surface area (Å²) in [6, 6.07) is 0. The summed E-state index contributed by atoms with van der Waals surface area (Å²) in [5.74, 6) is -13.1. The number of carboxylic acid groups (broad SMARTS) is 4. The Kier molecular flexibility index (Phi) is 5.15. The fourth-order valence-electron chi connectivity index (χ4n) is 4.93. The van der Waals surface area contributed by atoms with E-state index in [9.17, 15) is 39.6 Å². The number of aliphatic carboxylic acids is 4. The van der Waals surface area contributed by atoms with Gasteiger partial charge < -0.3 is 20.4 Å². The van der Waals surface area contributed by atoms with E-state index in [1.807, 2.05) is 6.92 Å². The highest BCUT2D eigenvalue weighted by molar-refractivity contribution is 5.87. The summed E-state index contributed by atoms with van der Waals surface area (Å²) in [6.07, 6.45) is 2.45. The SMILES string of the molecule is CCCCC1CC2C(C(=O)O)C(C(=O)O)C1C(C(=O)O)C2C(=O)O. The lowest BCUT2D eigenvalue weighted by molar-refractivity contribution is -0.197. The van der Waals surface area contributed by atoms with Crippen LogP contribution in [-0.2, 0) is 19.2 Å². The molecule has 0 radical (unpaired) electrons. The molecule has 134 valence electrons. The number of carboxylic acids is 4. The van der Waals surface area contributed by atoms with Crippen molar-refractivity contribution in [2.45, 2.75) is 32.6 Å². The smallest absolute Gasteiger partial charge is 0.307 e. The molecule has 0 heterocycles. The first-order chi connectivity index (χ1) is 11.2. The normalized spacial score (nSPS) is 37.8. The van der Waals surface area contributed by atoms with Gasteiger partial charge in [-0.05, 0) is 24.2 Å². The van der Waals surface area contributed by atoms with Crippen LogP contribution in [0.2, 0.25) is 0 Å². The molecule has 3 rings (SSSR count). The first-order valence-corrected chi connectivity index (χ1v) is 8.13. The Morgan fingerprint density at radius 3 is 1.54 bits per heavy atom. The molecule has 0 aromatic heterocycles. The second-order valence-corrected chi connectivity index (χ2v) is 6.84. The second kappa shape index (κ2) is 6.78. The van der Waals surface area contributed by atoms with Crippen molar-refractivity contribution in [3.8, 4) is 0 Å². The van der Waals surface area contributed by atoms with Crippen molar-refractivity contribution in [1.82, 2.24) is 0 Å². The van der Waals surface area contributed by atoms with Gasteiger partial charge in [0.05, 0.1) is 23.7 Å². The van der Waals surface area contributed by atoms with E-state index in [0.717, 1.165) is 12.8 Å². The Balaban J connectivity index is 2.54. The van der Waals surface area contributed by atoms with Crippen LogP contribution in [0.1, 0.15) is 32.6 Å². The molecule has 3 fully saturated rings. The highest BCUT2D eigenvalue weighted by atomic mass is 16.4. The van der Waals surface area contributed by atoms with E-state index in [4.69, 9.17) is 0 Å². The number of carbonyl (C=O) groups is 4. The van der Waals surface area contributed by atoms with Crippen molar-refractivity contribution in [3.63, 3.8) is 0 Å². The molecule has 8 nitrogen and oxygen atoms in total. The highest BCUT2D eigenvalue weighted by Crippen LogP contribution is 2.58. The Labute approximate surface area is 138 Å². The van der Waals surface area contributed by atoms with Crippen LogP contribution >= 0.6 is 0 Å². The van der Waals surface area contributed by atoms with E-state index in [-0.39, 0.29) is 12.3 Å². The quantitative estimate of drug-likeness (QED) is 0.540. The lowest BCUT2D eigenvalue weighted by atomic mass is 9.46. The Bertz CT molecular complexity index is 516. The first-order valence-electron chi connectivity index (χ1n) is 8.13. The molecule has 0 aromatic carbocycles. The van der Waals surface area contributed by atoms with Crippen LogP contribution in [0.3, 0.4) is 0 Å². The molecule has 0 spiro atoms. The first kappa shape index (κ1) is 18.2. The zero-order chi connectivity index (χ0) is 18.2. The molecule has 5 unspecified atom stereocenters. The van der Waals surface area contributed by atoms with Gasteiger partial charge in [0.1, 0.15) is 0 Å². The second-order valence-electron chi connectivity index (χ2n) is 6.84. The van der Waals surface area contributed by atoms with Crippen LogP contribution in [-0.4, -0.2) is 44.3 Å². The van der Waals surface area contributed by atoms with Gasteiger partial charge in [0.2, 0.25) is 0 Å². The molecule has 4 N–H and O–H groups in total. The summed E-state index contributed by atoms with van der Waals surface area (Å²) in [7, 11) is 0. The van der Waals surface area contributed by atoms with Crippen LogP contribution < -0.4 is 0 Å². The van der Waals surface area contributed by atoms with Crippen molar-refractivity contribution < 1.29 is 39.6 Å². The molecule has 3 aliphatic rings. The maximum Gasteiger partial charge on any atom is 0.307 e. The maximum absolute atomic E-state index is 11.7. The lowest BCUT2D eigenvalue weighted by Gasteiger charge is -2.55. The third-order valence-electron chi connectivity index (χ3n) is 5.71. The zero-order valence-electron chi connectivity index (χ0n) is 13.3. The molecule has 0 aromatic rings. The minimum absolute atomic E-state index is 0.256. The summed E-state index contributed by atoms with van der Waals surface area (Å²) in [6.45, 7) is 1.95. The molecule has 5 atom stereocenters. The van der Waals surface area contributed by atoms with Crippen molar-refractivity contribution >= 4 is 23.9 Å². The van der Waals surface area contributed by atoms with E-state index in [1.54, 1.807) is 0 Å². The molecule has 2 bridgehead atoms. The summed E-state index contributed by atoms with van der Waals surface area (Å²) in [5, 5.41) is 38.0. The lowest BCUT2D eigenvalue weighted by Crippen LogP contribution is -2.62. The van der Waals surface area contributed by atoms with Gasteiger partial charge in [-0.3, -0.25) is 19.2 Å². The Morgan fingerprint density at radius 2 is 1.21 bits per heavy atom. The molecular weight excluding hydrogens is 320 g/mol. The summed E-state index contributed by atoms with van der Waals surface area (Å²) < 4.78 is 0. The summed E-state index contributed by atoms with van der Waals surface area (Å²) in [5.41, 5.74) is 0.